The predicted molar refractivity (Wildman–Crippen MR) is 107 cm³/mol. The van der Waals surface area contributed by atoms with Crippen LogP contribution in [0.4, 0.5) is 0 Å². The van der Waals surface area contributed by atoms with E-state index in [1.807, 2.05) is 18.3 Å². The van der Waals surface area contributed by atoms with Crippen LogP contribution in [0.1, 0.15) is 36.6 Å². The maximum absolute atomic E-state index is 4.45. The van der Waals surface area contributed by atoms with Gasteiger partial charge in [-0.25, -0.2) is 0 Å². The lowest BCUT2D eigenvalue weighted by atomic mass is 10.00. The molecule has 0 atom stereocenters. The van der Waals surface area contributed by atoms with E-state index in [0.717, 1.165) is 47.5 Å². The summed E-state index contributed by atoms with van der Waals surface area (Å²) in [7, 11) is 1.79. The first-order chi connectivity index (χ1) is 12.7. The molecule has 0 fully saturated rings. The average molecular weight is 347 g/mol. The number of hydrazone groups is 1. The summed E-state index contributed by atoms with van der Waals surface area (Å²) in [6.07, 6.45) is 14.3. The van der Waals surface area contributed by atoms with Crippen molar-refractivity contribution >= 4 is 11.3 Å². The van der Waals surface area contributed by atoms with E-state index in [0.29, 0.717) is 0 Å². The Bertz CT molecular complexity index is 842. The molecule has 0 amide bonds. The standard InChI is InChI=1S/C21H25N5/c1-16-6-4-5-11-26(14-16)15-20-12-19(13-24-20)21(25-22-3)17(2)18-7-9-23-10-8-18/h5,7-14,22,24H,2,4,6,15H2,1,3H3/b25-21+. The maximum Gasteiger partial charge on any atom is 0.0988 e. The zero-order valence-electron chi connectivity index (χ0n) is 15.4. The van der Waals surface area contributed by atoms with Crippen LogP contribution in [0.15, 0.2) is 72.5 Å². The van der Waals surface area contributed by atoms with E-state index in [9.17, 15) is 0 Å². The Labute approximate surface area is 154 Å². The quantitative estimate of drug-likeness (QED) is 0.612. The third-order valence-electron chi connectivity index (χ3n) is 4.30. The topological polar surface area (TPSA) is 56.3 Å². The molecule has 0 unspecified atom stereocenters. The first-order valence-electron chi connectivity index (χ1n) is 8.79. The molecule has 0 saturated carbocycles. The normalized spacial score (nSPS) is 14.8. The molecule has 0 radical (unpaired) electrons. The Hall–Kier alpha value is -3.08. The SMILES string of the molecule is C=C(/C(=N\NC)c1c[nH]c(CN2C=CCCC(C)=C2)c1)c1ccncc1. The van der Waals surface area contributed by atoms with Gasteiger partial charge >= 0.3 is 0 Å². The summed E-state index contributed by atoms with van der Waals surface area (Å²) in [6, 6.07) is 6.01. The summed E-state index contributed by atoms with van der Waals surface area (Å²) in [6.45, 7) is 7.20. The Balaban J connectivity index is 1.81. The molecular weight excluding hydrogens is 322 g/mol. The van der Waals surface area contributed by atoms with Crippen LogP contribution < -0.4 is 5.43 Å². The molecule has 2 aromatic heterocycles. The van der Waals surface area contributed by atoms with Crippen molar-refractivity contribution in [2.75, 3.05) is 7.05 Å². The second-order valence-electron chi connectivity index (χ2n) is 6.38. The molecule has 3 rings (SSSR count). The molecule has 0 saturated heterocycles. The van der Waals surface area contributed by atoms with E-state index in [2.05, 4.69) is 63.4 Å². The Morgan fingerprint density at radius 3 is 2.92 bits per heavy atom. The first-order valence-corrected chi connectivity index (χ1v) is 8.79. The average Bonchev–Trinajstić information content (AvgIpc) is 3.01. The summed E-state index contributed by atoms with van der Waals surface area (Å²) in [4.78, 5) is 9.65. The zero-order chi connectivity index (χ0) is 18.4. The molecule has 134 valence electrons. The van der Waals surface area contributed by atoms with Crippen LogP contribution in [-0.2, 0) is 6.54 Å². The second-order valence-corrected chi connectivity index (χ2v) is 6.38. The maximum atomic E-state index is 4.45. The fourth-order valence-corrected chi connectivity index (χ4v) is 2.98. The van der Waals surface area contributed by atoms with Gasteiger partial charge < -0.3 is 15.3 Å². The molecule has 5 nitrogen and oxygen atoms in total. The minimum absolute atomic E-state index is 0.794. The zero-order valence-corrected chi connectivity index (χ0v) is 15.4. The van der Waals surface area contributed by atoms with Crippen LogP contribution in [0.5, 0.6) is 0 Å². The summed E-state index contributed by atoms with van der Waals surface area (Å²) in [5.41, 5.74) is 9.10. The predicted octanol–water partition coefficient (Wildman–Crippen LogP) is 4.06. The molecule has 0 aliphatic carbocycles. The fourth-order valence-electron chi connectivity index (χ4n) is 2.98. The van der Waals surface area contributed by atoms with Crippen molar-refractivity contribution in [1.82, 2.24) is 20.3 Å². The Kier molecular flexibility index (Phi) is 5.69. The summed E-state index contributed by atoms with van der Waals surface area (Å²) >= 11 is 0. The molecule has 26 heavy (non-hydrogen) atoms. The van der Waals surface area contributed by atoms with Gasteiger partial charge in [0, 0.05) is 48.7 Å². The van der Waals surface area contributed by atoms with Gasteiger partial charge in [-0.2, -0.15) is 5.10 Å². The highest BCUT2D eigenvalue weighted by molar-refractivity contribution is 6.31. The van der Waals surface area contributed by atoms with Crippen molar-refractivity contribution in [2.45, 2.75) is 26.3 Å². The molecule has 1 aliphatic heterocycles. The number of aromatic nitrogens is 2. The number of nitrogens with one attached hydrogen (secondary N) is 2. The molecule has 0 bridgehead atoms. The van der Waals surface area contributed by atoms with Gasteiger partial charge in [-0.05, 0) is 49.7 Å². The van der Waals surface area contributed by atoms with Gasteiger partial charge in [-0.1, -0.05) is 18.2 Å². The van der Waals surface area contributed by atoms with Gasteiger partial charge in [0.25, 0.3) is 0 Å². The van der Waals surface area contributed by atoms with Gasteiger partial charge in [0.05, 0.1) is 12.3 Å². The number of rotatable bonds is 6. The van der Waals surface area contributed by atoms with Crippen molar-refractivity contribution in [3.8, 4) is 0 Å². The number of aromatic amines is 1. The van der Waals surface area contributed by atoms with E-state index < -0.39 is 0 Å². The monoisotopic (exact) mass is 347 g/mol. The Morgan fingerprint density at radius 1 is 1.35 bits per heavy atom. The van der Waals surface area contributed by atoms with Crippen LogP contribution >= 0.6 is 0 Å². The van der Waals surface area contributed by atoms with Gasteiger partial charge in [-0.3, -0.25) is 4.98 Å². The molecule has 0 aromatic carbocycles. The molecular formula is C21H25N5. The van der Waals surface area contributed by atoms with Crippen molar-refractivity contribution in [2.24, 2.45) is 5.10 Å². The third-order valence-corrected chi connectivity index (χ3v) is 4.30. The van der Waals surface area contributed by atoms with E-state index in [-0.39, 0.29) is 0 Å². The lowest BCUT2D eigenvalue weighted by Crippen LogP contribution is -2.10. The van der Waals surface area contributed by atoms with Crippen LogP contribution in [0, 0.1) is 0 Å². The summed E-state index contributed by atoms with van der Waals surface area (Å²) < 4.78 is 0. The highest BCUT2D eigenvalue weighted by Gasteiger charge is 2.13. The number of nitrogens with zero attached hydrogens (tertiary/aromatic N) is 3. The van der Waals surface area contributed by atoms with E-state index in [4.69, 9.17) is 0 Å². The minimum Gasteiger partial charge on any atom is -0.363 e. The lowest BCUT2D eigenvalue weighted by molar-refractivity contribution is 0.492. The lowest BCUT2D eigenvalue weighted by Gasteiger charge is -2.14. The van der Waals surface area contributed by atoms with E-state index in [1.165, 1.54) is 5.57 Å². The molecule has 5 heteroatoms. The first kappa shape index (κ1) is 17.7. The molecule has 0 spiro atoms. The summed E-state index contributed by atoms with van der Waals surface area (Å²) in [5, 5.41) is 4.45. The van der Waals surface area contributed by atoms with Gasteiger partial charge in [0.15, 0.2) is 0 Å². The van der Waals surface area contributed by atoms with Crippen molar-refractivity contribution < 1.29 is 0 Å². The fraction of sp³-hybridized carbons (Fsp3) is 0.238. The minimum atomic E-state index is 0.794. The van der Waals surface area contributed by atoms with Crippen LogP contribution in [0.2, 0.25) is 0 Å². The van der Waals surface area contributed by atoms with E-state index >= 15 is 0 Å². The Morgan fingerprint density at radius 2 is 2.15 bits per heavy atom. The third kappa shape index (κ3) is 4.30. The highest BCUT2D eigenvalue weighted by atomic mass is 15.3. The molecule has 2 N–H and O–H groups in total. The van der Waals surface area contributed by atoms with Crippen molar-refractivity contribution in [1.29, 1.82) is 0 Å². The van der Waals surface area contributed by atoms with E-state index in [1.54, 1.807) is 19.4 Å². The van der Waals surface area contributed by atoms with Crippen molar-refractivity contribution in [3.63, 3.8) is 0 Å². The van der Waals surface area contributed by atoms with Crippen molar-refractivity contribution in [3.05, 3.63) is 84.2 Å². The van der Waals surface area contributed by atoms with Gasteiger partial charge in [-0.15, -0.1) is 0 Å². The molecule has 1 aliphatic rings. The van der Waals surface area contributed by atoms with Crippen LogP contribution in [0.25, 0.3) is 5.57 Å². The molecule has 3 heterocycles. The number of hydrogen-bond acceptors (Lipinski definition) is 4. The number of allylic oxidation sites excluding steroid dienone is 3. The largest absolute Gasteiger partial charge is 0.363 e. The van der Waals surface area contributed by atoms with Gasteiger partial charge in [0.2, 0.25) is 0 Å². The van der Waals surface area contributed by atoms with Gasteiger partial charge in [0.1, 0.15) is 0 Å². The molecule has 2 aromatic rings. The van der Waals surface area contributed by atoms with Crippen LogP contribution in [0.3, 0.4) is 0 Å². The van der Waals surface area contributed by atoms with Crippen LogP contribution in [-0.4, -0.2) is 27.6 Å². The second kappa shape index (κ2) is 8.34. The highest BCUT2D eigenvalue weighted by Crippen LogP contribution is 2.20. The number of H-pyrrole nitrogens is 1. The number of pyridine rings is 1. The number of hydrogen-bond donors (Lipinski definition) is 2. The smallest absolute Gasteiger partial charge is 0.0988 e. The summed E-state index contributed by atoms with van der Waals surface area (Å²) in [5.74, 6) is 0.